The molecule has 0 saturated heterocycles. The fourth-order valence-electron chi connectivity index (χ4n) is 2.84. The highest BCUT2D eigenvalue weighted by Gasteiger charge is 2.19. The number of carbonyl (C=O) groups excluding carboxylic acids is 1. The molecule has 0 aliphatic heterocycles. The quantitative estimate of drug-likeness (QED) is 0.538. The van der Waals surface area contributed by atoms with E-state index in [1.165, 1.54) is 3.96 Å². The number of ether oxygens (including phenoxy) is 3. The van der Waals surface area contributed by atoms with Gasteiger partial charge < -0.3 is 14.2 Å². The summed E-state index contributed by atoms with van der Waals surface area (Å²) >= 11 is 1.08. The van der Waals surface area contributed by atoms with Gasteiger partial charge >= 0.3 is 0 Å². The van der Waals surface area contributed by atoms with Crippen LogP contribution < -0.4 is 15.0 Å². The molecule has 148 valence electrons. The van der Waals surface area contributed by atoms with E-state index in [0.29, 0.717) is 34.9 Å². The predicted molar refractivity (Wildman–Crippen MR) is 108 cm³/mol. The molecule has 28 heavy (non-hydrogen) atoms. The van der Waals surface area contributed by atoms with Crippen molar-refractivity contribution in [3.8, 4) is 11.5 Å². The molecule has 1 aromatic carbocycles. The number of fused-ring (bicyclic) bond motifs is 1. The van der Waals surface area contributed by atoms with Crippen molar-refractivity contribution in [2.24, 2.45) is 0 Å². The highest BCUT2D eigenvalue weighted by molar-refractivity contribution is 7.14. The maximum atomic E-state index is 12.7. The van der Waals surface area contributed by atoms with Crippen LogP contribution in [0.3, 0.4) is 0 Å². The molecule has 0 unspecified atom stereocenters. The molecule has 0 radical (unpaired) electrons. The molecule has 0 amide bonds. The summed E-state index contributed by atoms with van der Waals surface area (Å²) in [5, 5.41) is 0.465. The van der Waals surface area contributed by atoms with Crippen molar-refractivity contribution >= 4 is 27.7 Å². The molecule has 7 nitrogen and oxygen atoms in total. The van der Waals surface area contributed by atoms with Gasteiger partial charge in [0, 0.05) is 19.7 Å². The number of carbonyl (C=O) groups is 1. The van der Waals surface area contributed by atoms with Gasteiger partial charge in [-0.25, -0.2) is 4.98 Å². The second kappa shape index (κ2) is 8.99. The van der Waals surface area contributed by atoms with Gasteiger partial charge in [-0.3, -0.25) is 9.59 Å². The van der Waals surface area contributed by atoms with Crippen molar-refractivity contribution < 1.29 is 19.0 Å². The van der Waals surface area contributed by atoms with Gasteiger partial charge in [0.15, 0.2) is 11.5 Å². The lowest BCUT2D eigenvalue weighted by molar-refractivity contribution is 0.0905. The van der Waals surface area contributed by atoms with Crippen LogP contribution in [0.1, 0.15) is 29.6 Å². The third-order valence-electron chi connectivity index (χ3n) is 4.37. The van der Waals surface area contributed by atoms with Crippen molar-refractivity contribution in [3.05, 3.63) is 52.4 Å². The molecule has 2 aromatic heterocycles. The summed E-state index contributed by atoms with van der Waals surface area (Å²) in [5.74, 6) is 0.865. The number of nitrogens with zero attached hydrogens (tertiary/aromatic N) is 2. The van der Waals surface area contributed by atoms with Gasteiger partial charge in [0.2, 0.25) is 5.91 Å². The lowest BCUT2D eigenvalue weighted by Gasteiger charge is -2.15. The van der Waals surface area contributed by atoms with Crippen molar-refractivity contribution in [2.75, 3.05) is 27.4 Å². The Morgan fingerprint density at radius 2 is 2.04 bits per heavy atom. The minimum absolute atomic E-state index is 0.0977. The average molecular weight is 402 g/mol. The number of rotatable bonds is 8. The Morgan fingerprint density at radius 1 is 1.21 bits per heavy atom. The first-order chi connectivity index (χ1) is 13.5. The van der Waals surface area contributed by atoms with E-state index in [0.717, 1.165) is 17.1 Å². The number of benzene rings is 1. The molecule has 1 atom stereocenters. The van der Waals surface area contributed by atoms with Gasteiger partial charge in [-0.15, -0.1) is 0 Å². The Morgan fingerprint density at radius 3 is 2.75 bits per heavy atom. The van der Waals surface area contributed by atoms with Crippen molar-refractivity contribution in [3.63, 3.8) is 0 Å². The summed E-state index contributed by atoms with van der Waals surface area (Å²) in [7, 11) is 3.18. The predicted octanol–water partition coefficient (Wildman–Crippen LogP) is 3.33. The minimum Gasteiger partial charge on any atom is -0.493 e. The molecular formula is C20H22N2O5S. The largest absolute Gasteiger partial charge is 0.493 e. The molecular weight excluding hydrogens is 380 g/mol. The Bertz CT molecular complexity index is 1030. The lowest BCUT2D eigenvalue weighted by Crippen LogP contribution is -2.22. The Labute approximate surface area is 166 Å². The fourth-order valence-corrected chi connectivity index (χ4v) is 3.73. The highest BCUT2D eigenvalue weighted by atomic mass is 32.1. The van der Waals surface area contributed by atoms with E-state index < -0.39 is 0 Å². The minimum atomic E-state index is -0.315. The van der Waals surface area contributed by atoms with Gasteiger partial charge in [-0.05, 0) is 47.3 Å². The van der Waals surface area contributed by atoms with E-state index >= 15 is 0 Å². The van der Waals surface area contributed by atoms with Crippen LogP contribution in [0, 0.1) is 0 Å². The fraction of sp³-hybridized carbons (Fsp3) is 0.350. The van der Waals surface area contributed by atoms with Crippen LogP contribution in [-0.4, -0.2) is 42.3 Å². The number of pyridine rings is 1. The van der Waals surface area contributed by atoms with Crippen LogP contribution in [0.2, 0.25) is 0 Å². The van der Waals surface area contributed by atoms with Crippen LogP contribution in [0.25, 0.3) is 10.2 Å². The monoisotopic (exact) mass is 402 g/mol. The first-order valence-electron chi connectivity index (χ1n) is 8.85. The van der Waals surface area contributed by atoms with Gasteiger partial charge in [-0.2, -0.15) is 3.96 Å². The molecule has 0 fully saturated rings. The van der Waals surface area contributed by atoms with Gasteiger partial charge in [0.25, 0.3) is 5.56 Å². The smallest absolute Gasteiger partial charge is 0.277 e. The third-order valence-corrected chi connectivity index (χ3v) is 5.42. The topological polar surface area (TPSA) is 79.7 Å². The second-order valence-electron chi connectivity index (χ2n) is 6.30. The molecule has 0 N–H and O–H groups in total. The Balaban J connectivity index is 1.76. The number of methoxy groups -OCH3 is 2. The lowest BCUT2D eigenvalue weighted by atomic mass is 9.97. The Hall–Kier alpha value is -2.71. The summed E-state index contributed by atoms with van der Waals surface area (Å²) in [6, 6.07) is 8.95. The van der Waals surface area contributed by atoms with E-state index in [1.807, 2.05) is 25.1 Å². The maximum Gasteiger partial charge on any atom is 0.277 e. The van der Waals surface area contributed by atoms with Crippen LogP contribution in [0.15, 0.2) is 41.3 Å². The average Bonchev–Trinajstić information content (AvgIpc) is 3.05. The molecule has 0 aliphatic rings. The Kier molecular flexibility index (Phi) is 6.43. The molecule has 0 bridgehead atoms. The third kappa shape index (κ3) is 4.23. The van der Waals surface area contributed by atoms with E-state index in [1.54, 1.807) is 32.5 Å². The summed E-state index contributed by atoms with van der Waals surface area (Å²) in [6.07, 6.45) is 1.80. The molecule has 3 aromatic rings. The van der Waals surface area contributed by atoms with E-state index in [-0.39, 0.29) is 23.8 Å². The van der Waals surface area contributed by atoms with Crippen LogP contribution in [0.4, 0.5) is 0 Å². The summed E-state index contributed by atoms with van der Waals surface area (Å²) < 4.78 is 17.2. The van der Waals surface area contributed by atoms with Crippen molar-refractivity contribution in [1.82, 2.24) is 8.94 Å². The summed E-state index contributed by atoms with van der Waals surface area (Å²) in [6.45, 7) is 2.84. The van der Waals surface area contributed by atoms with Crippen LogP contribution >= 0.6 is 11.5 Å². The molecule has 2 heterocycles. The highest BCUT2D eigenvalue weighted by Crippen LogP contribution is 2.32. The first kappa shape index (κ1) is 20.0. The zero-order valence-corrected chi connectivity index (χ0v) is 16.8. The number of aromatic nitrogens is 2. The van der Waals surface area contributed by atoms with Gasteiger partial charge in [0.05, 0.1) is 19.1 Å². The summed E-state index contributed by atoms with van der Waals surface area (Å²) in [5.41, 5.74) is 0.612. The summed E-state index contributed by atoms with van der Waals surface area (Å²) in [4.78, 5) is 29.8. The van der Waals surface area contributed by atoms with E-state index in [2.05, 4.69) is 4.98 Å². The number of hydrogen-bond acceptors (Lipinski definition) is 7. The van der Waals surface area contributed by atoms with E-state index in [9.17, 15) is 9.59 Å². The van der Waals surface area contributed by atoms with Crippen LogP contribution in [0.5, 0.6) is 11.5 Å². The van der Waals surface area contributed by atoms with Crippen LogP contribution in [-0.2, 0) is 4.74 Å². The van der Waals surface area contributed by atoms with Crippen molar-refractivity contribution in [2.45, 2.75) is 19.3 Å². The molecule has 0 spiro atoms. The normalized spacial score (nSPS) is 12.1. The molecule has 3 rings (SSSR count). The molecule has 8 heteroatoms. The zero-order chi connectivity index (χ0) is 20.1. The van der Waals surface area contributed by atoms with Gasteiger partial charge in [-0.1, -0.05) is 13.0 Å². The maximum absolute atomic E-state index is 12.7. The number of hydrogen-bond donors (Lipinski definition) is 0. The molecule has 0 saturated carbocycles. The first-order valence-corrected chi connectivity index (χ1v) is 9.62. The zero-order valence-electron chi connectivity index (χ0n) is 16.0. The van der Waals surface area contributed by atoms with Gasteiger partial charge in [0.1, 0.15) is 11.4 Å². The van der Waals surface area contributed by atoms with E-state index in [4.69, 9.17) is 14.2 Å². The standard InChI is InChI=1S/C20H22N2O5S/c1-13(14-6-7-16(17(12-14)26-3)27-10-9-25-2)11-18(23)22-20(24)15-5-4-8-21-19(15)28-22/h4-8,12-13H,9-11H2,1-3H3/t13-/m1/s1. The SMILES string of the molecule is COCCOc1ccc([C@H](C)CC(=O)n2sc3ncccc3c2=O)cc1OC. The van der Waals surface area contributed by atoms with Crippen molar-refractivity contribution in [1.29, 1.82) is 0 Å². The molecule has 0 aliphatic carbocycles. The second-order valence-corrected chi connectivity index (χ2v) is 7.23.